The zero-order valence-corrected chi connectivity index (χ0v) is 10.6. The smallest absolute Gasteiger partial charge is 0.355 e. The highest BCUT2D eigenvalue weighted by Gasteiger charge is 2.10. The number of amides is 2. The highest BCUT2D eigenvalue weighted by atomic mass is 32.1. The van der Waals surface area contributed by atoms with E-state index in [-0.39, 0.29) is 10.8 Å². The van der Waals surface area contributed by atoms with Gasteiger partial charge in [0.1, 0.15) is 0 Å². The van der Waals surface area contributed by atoms with Gasteiger partial charge in [0.05, 0.1) is 0 Å². The number of carboxylic acids is 1. The number of anilines is 1. The molecule has 0 atom stereocenters. The van der Waals surface area contributed by atoms with E-state index in [1.54, 1.807) is 0 Å². The Morgan fingerprint density at radius 2 is 2.00 bits per heavy atom. The second kappa shape index (κ2) is 5.96. The predicted molar refractivity (Wildman–Crippen MR) is 71.4 cm³/mol. The van der Waals surface area contributed by atoms with Crippen molar-refractivity contribution in [2.75, 3.05) is 5.32 Å². The minimum Gasteiger partial charge on any atom is -0.476 e. The summed E-state index contributed by atoms with van der Waals surface area (Å²) in [5.74, 6) is -1.12. The van der Waals surface area contributed by atoms with Crippen LogP contribution in [0.1, 0.15) is 16.1 Å². The highest BCUT2D eigenvalue weighted by Crippen LogP contribution is 2.14. The number of aromatic nitrogens is 1. The van der Waals surface area contributed by atoms with Gasteiger partial charge in [-0.25, -0.2) is 14.6 Å². The molecule has 3 N–H and O–H groups in total. The summed E-state index contributed by atoms with van der Waals surface area (Å²) < 4.78 is 0. The van der Waals surface area contributed by atoms with Crippen LogP contribution in [0.5, 0.6) is 0 Å². The Morgan fingerprint density at radius 1 is 1.26 bits per heavy atom. The molecule has 2 rings (SSSR count). The number of carboxylic acid groups (broad SMARTS) is 1. The van der Waals surface area contributed by atoms with Crippen molar-refractivity contribution >= 4 is 28.5 Å². The summed E-state index contributed by atoms with van der Waals surface area (Å²) in [6.07, 6.45) is 0. The largest absolute Gasteiger partial charge is 0.476 e. The second-order valence-electron chi connectivity index (χ2n) is 3.64. The summed E-state index contributed by atoms with van der Waals surface area (Å²) in [6.45, 7) is 0.393. The predicted octanol–water partition coefficient (Wildman–Crippen LogP) is 2.16. The van der Waals surface area contributed by atoms with Gasteiger partial charge in [-0.3, -0.25) is 5.32 Å². The van der Waals surface area contributed by atoms with Crippen LogP contribution in [0.25, 0.3) is 0 Å². The minimum absolute atomic E-state index is 0.0802. The monoisotopic (exact) mass is 277 g/mol. The Kier molecular flexibility index (Phi) is 4.09. The number of benzene rings is 1. The average molecular weight is 277 g/mol. The van der Waals surface area contributed by atoms with E-state index in [0.29, 0.717) is 6.54 Å². The third-order valence-corrected chi connectivity index (χ3v) is 3.00. The fourth-order valence-corrected chi connectivity index (χ4v) is 2.03. The Balaban J connectivity index is 1.85. The third-order valence-electron chi connectivity index (χ3n) is 2.24. The number of rotatable bonds is 4. The van der Waals surface area contributed by atoms with E-state index >= 15 is 0 Å². The molecule has 7 heteroatoms. The Labute approximate surface area is 113 Å². The summed E-state index contributed by atoms with van der Waals surface area (Å²) in [6, 6.07) is 9.03. The highest BCUT2D eigenvalue weighted by molar-refractivity contribution is 7.14. The molecule has 0 bridgehead atoms. The molecule has 2 amide bonds. The molecule has 0 aliphatic carbocycles. The van der Waals surface area contributed by atoms with Gasteiger partial charge in [0.25, 0.3) is 0 Å². The molecular formula is C12H11N3O3S. The van der Waals surface area contributed by atoms with Gasteiger partial charge < -0.3 is 10.4 Å². The Morgan fingerprint density at radius 3 is 2.63 bits per heavy atom. The number of hydrogen-bond donors (Lipinski definition) is 3. The standard InChI is InChI=1S/C12H11N3O3S/c16-10(17)9-7-19-12(14-9)15-11(18)13-6-8-4-2-1-3-5-8/h1-5,7H,6H2,(H,16,17)(H2,13,14,15,18). The molecule has 0 radical (unpaired) electrons. The van der Waals surface area contributed by atoms with Gasteiger partial charge in [0.15, 0.2) is 10.8 Å². The maximum atomic E-state index is 11.6. The maximum absolute atomic E-state index is 11.6. The fraction of sp³-hybridized carbons (Fsp3) is 0.0833. The van der Waals surface area contributed by atoms with Crippen LogP contribution in [0, 0.1) is 0 Å². The van der Waals surface area contributed by atoms with E-state index in [4.69, 9.17) is 5.11 Å². The summed E-state index contributed by atoms with van der Waals surface area (Å²) in [5.41, 5.74) is 0.895. The van der Waals surface area contributed by atoms with Crippen molar-refractivity contribution in [3.63, 3.8) is 0 Å². The van der Waals surface area contributed by atoms with Crippen LogP contribution >= 0.6 is 11.3 Å². The van der Waals surface area contributed by atoms with Crippen LogP contribution in [0.4, 0.5) is 9.93 Å². The Bertz CT molecular complexity index is 583. The van der Waals surface area contributed by atoms with Crippen molar-refractivity contribution in [3.8, 4) is 0 Å². The first-order chi connectivity index (χ1) is 9.15. The molecule has 0 aliphatic rings. The molecule has 1 aromatic carbocycles. The lowest BCUT2D eigenvalue weighted by atomic mass is 10.2. The molecule has 6 nitrogen and oxygen atoms in total. The van der Waals surface area contributed by atoms with E-state index in [9.17, 15) is 9.59 Å². The molecule has 98 valence electrons. The van der Waals surface area contributed by atoms with Crippen molar-refractivity contribution in [2.45, 2.75) is 6.54 Å². The van der Waals surface area contributed by atoms with Gasteiger partial charge in [0.2, 0.25) is 0 Å². The molecule has 0 fully saturated rings. The molecular weight excluding hydrogens is 266 g/mol. The zero-order chi connectivity index (χ0) is 13.7. The van der Waals surface area contributed by atoms with Crippen LogP contribution < -0.4 is 10.6 Å². The molecule has 0 saturated carbocycles. The van der Waals surface area contributed by atoms with E-state index in [1.807, 2.05) is 30.3 Å². The maximum Gasteiger partial charge on any atom is 0.355 e. The minimum atomic E-state index is -1.12. The first-order valence-corrected chi connectivity index (χ1v) is 6.31. The average Bonchev–Trinajstić information content (AvgIpc) is 2.86. The van der Waals surface area contributed by atoms with Crippen LogP contribution in [0.3, 0.4) is 0 Å². The second-order valence-corrected chi connectivity index (χ2v) is 4.49. The van der Waals surface area contributed by atoms with Crippen molar-refractivity contribution in [2.24, 2.45) is 0 Å². The summed E-state index contributed by atoms with van der Waals surface area (Å²) in [5, 5.41) is 15.5. The van der Waals surface area contributed by atoms with Crippen molar-refractivity contribution in [1.82, 2.24) is 10.3 Å². The van der Waals surface area contributed by atoms with Gasteiger partial charge in [0, 0.05) is 11.9 Å². The van der Waals surface area contributed by atoms with Crippen molar-refractivity contribution in [1.29, 1.82) is 0 Å². The van der Waals surface area contributed by atoms with Crippen LogP contribution in [-0.4, -0.2) is 22.1 Å². The summed E-state index contributed by atoms with van der Waals surface area (Å²) in [4.78, 5) is 25.9. The van der Waals surface area contributed by atoms with Gasteiger partial charge in [-0.15, -0.1) is 11.3 Å². The van der Waals surface area contributed by atoms with Gasteiger partial charge >= 0.3 is 12.0 Å². The Hall–Kier alpha value is -2.41. The molecule has 0 unspecified atom stereocenters. The summed E-state index contributed by atoms with van der Waals surface area (Å²) in [7, 11) is 0. The van der Waals surface area contributed by atoms with Gasteiger partial charge in [-0.1, -0.05) is 30.3 Å². The number of hydrogen-bond acceptors (Lipinski definition) is 4. The van der Waals surface area contributed by atoms with Crippen LogP contribution in [-0.2, 0) is 6.54 Å². The summed E-state index contributed by atoms with van der Waals surface area (Å²) >= 11 is 1.06. The van der Waals surface area contributed by atoms with Crippen molar-refractivity contribution < 1.29 is 14.7 Å². The number of urea groups is 1. The normalized spacial score (nSPS) is 9.89. The zero-order valence-electron chi connectivity index (χ0n) is 9.79. The topological polar surface area (TPSA) is 91.3 Å². The molecule has 19 heavy (non-hydrogen) atoms. The number of aromatic carboxylic acids is 1. The number of carbonyl (C=O) groups excluding carboxylic acids is 1. The number of nitrogens with one attached hydrogen (secondary N) is 2. The molecule has 2 aromatic rings. The first-order valence-electron chi connectivity index (χ1n) is 5.43. The third kappa shape index (κ3) is 3.78. The van der Waals surface area contributed by atoms with Gasteiger partial charge in [-0.05, 0) is 5.56 Å². The van der Waals surface area contributed by atoms with E-state index in [2.05, 4.69) is 15.6 Å². The van der Waals surface area contributed by atoms with E-state index < -0.39 is 12.0 Å². The number of nitrogens with zero attached hydrogens (tertiary/aromatic N) is 1. The SMILES string of the molecule is O=C(NCc1ccccc1)Nc1nc(C(=O)O)cs1. The van der Waals surface area contributed by atoms with Crippen molar-refractivity contribution in [3.05, 3.63) is 47.0 Å². The quantitative estimate of drug-likeness (QED) is 0.798. The molecule has 0 spiro atoms. The number of carbonyl (C=O) groups is 2. The first kappa shape index (κ1) is 13.0. The molecule has 1 heterocycles. The molecule has 0 aliphatic heterocycles. The molecule has 0 saturated heterocycles. The van der Waals surface area contributed by atoms with Gasteiger partial charge in [-0.2, -0.15) is 0 Å². The van der Waals surface area contributed by atoms with Crippen LogP contribution in [0.2, 0.25) is 0 Å². The molecule has 1 aromatic heterocycles. The van der Waals surface area contributed by atoms with Crippen LogP contribution in [0.15, 0.2) is 35.7 Å². The lowest BCUT2D eigenvalue weighted by Gasteiger charge is -2.05. The lowest BCUT2D eigenvalue weighted by molar-refractivity contribution is 0.0691. The fourth-order valence-electron chi connectivity index (χ4n) is 1.35. The lowest BCUT2D eigenvalue weighted by Crippen LogP contribution is -2.28. The van der Waals surface area contributed by atoms with E-state index in [0.717, 1.165) is 16.9 Å². The number of thiazole rings is 1. The van der Waals surface area contributed by atoms with E-state index in [1.165, 1.54) is 5.38 Å².